The predicted octanol–water partition coefficient (Wildman–Crippen LogP) is 4.41. The van der Waals surface area contributed by atoms with Crippen molar-refractivity contribution in [2.75, 3.05) is 6.61 Å². The summed E-state index contributed by atoms with van der Waals surface area (Å²) < 4.78 is 50.0. The van der Waals surface area contributed by atoms with Crippen molar-refractivity contribution in [3.63, 3.8) is 0 Å². The molecule has 0 amide bonds. The number of aliphatic imine (C=N–C) groups is 1. The van der Waals surface area contributed by atoms with Crippen LogP contribution in [0.2, 0.25) is 0 Å². The highest BCUT2D eigenvalue weighted by atomic mass is 19.3. The number of ether oxygens (including phenoxy) is 2. The lowest BCUT2D eigenvalue weighted by molar-refractivity contribution is -0.132. The van der Waals surface area contributed by atoms with Crippen molar-refractivity contribution in [3.8, 4) is 16.9 Å². The van der Waals surface area contributed by atoms with E-state index in [0.717, 1.165) is 5.56 Å². The van der Waals surface area contributed by atoms with Gasteiger partial charge in [0.2, 0.25) is 5.95 Å². The van der Waals surface area contributed by atoms with Gasteiger partial charge in [-0.3, -0.25) is 4.79 Å². The smallest absolute Gasteiger partial charge is 0.387 e. The Labute approximate surface area is 193 Å². The van der Waals surface area contributed by atoms with E-state index in [0.29, 0.717) is 27.8 Å². The fourth-order valence-corrected chi connectivity index (χ4v) is 3.95. The summed E-state index contributed by atoms with van der Waals surface area (Å²) in [6.07, 6.45) is 1.44. The van der Waals surface area contributed by atoms with Crippen molar-refractivity contribution in [2.45, 2.75) is 26.0 Å². The monoisotopic (exact) mass is 471 g/mol. The molecule has 0 fully saturated rings. The molecular weight excluding hydrogens is 451 g/mol. The first kappa shape index (κ1) is 23.1. The Bertz CT molecular complexity index is 1250. The number of carbonyl (C=O) groups excluding carboxylic acids is 1. The van der Waals surface area contributed by atoms with Gasteiger partial charge in [-0.15, -0.1) is 0 Å². The Morgan fingerprint density at radius 3 is 2.74 bits per heavy atom. The summed E-state index contributed by atoms with van der Waals surface area (Å²) in [7, 11) is 0. The van der Waals surface area contributed by atoms with Crippen LogP contribution in [-0.2, 0) is 19.9 Å². The molecule has 3 aromatic rings. The average molecular weight is 471 g/mol. The summed E-state index contributed by atoms with van der Waals surface area (Å²) in [5.41, 5.74) is 4.73. The Morgan fingerprint density at radius 1 is 1.18 bits per heavy atom. The number of alkyl halides is 2. The van der Waals surface area contributed by atoms with Crippen LogP contribution in [0.3, 0.4) is 0 Å². The maximum absolute atomic E-state index is 14.5. The summed E-state index contributed by atoms with van der Waals surface area (Å²) in [6.45, 7) is 0.769. The standard InChI is InChI=1S/C24H20F3N3O4/c1-14-8-19(21(25)28-11-14)16-4-3-5-17(10-16)24(12-32-23(29-24)30-33-13-31)20-7-6-18(9-15(20)2)34-22(26)27/h3-11,13,22H,12H2,1-2H3,(H,29,30). The molecule has 0 saturated carbocycles. The van der Waals surface area contributed by atoms with Crippen LogP contribution in [0.15, 0.2) is 59.7 Å². The first-order valence-corrected chi connectivity index (χ1v) is 10.2. The van der Waals surface area contributed by atoms with Gasteiger partial charge in [0.1, 0.15) is 12.4 Å². The Hall–Kier alpha value is -4.08. The van der Waals surface area contributed by atoms with E-state index in [2.05, 4.69) is 25.0 Å². The largest absolute Gasteiger partial charge is 0.460 e. The third-order valence-corrected chi connectivity index (χ3v) is 5.40. The number of nitrogens with zero attached hydrogens (tertiary/aromatic N) is 2. The highest BCUT2D eigenvalue weighted by molar-refractivity contribution is 5.77. The minimum Gasteiger partial charge on any atom is -0.460 e. The van der Waals surface area contributed by atoms with Crippen LogP contribution in [0.25, 0.3) is 11.1 Å². The molecule has 0 saturated heterocycles. The van der Waals surface area contributed by atoms with E-state index in [1.165, 1.54) is 18.3 Å². The number of rotatable bonds is 7. The van der Waals surface area contributed by atoms with E-state index in [1.54, 1.807) is 43.3 Å². The minimum absolute atomic E-state index is 0.00131. The van der Waals surface area contributed by atoms with E-state index in [4.69, 9.17) is 4.74 Å². The zero-order valence-electron chi connectivity index (χ0n) is 18.2. The van der Waals surface area contributed by atoms with Gasteiger partial charge in [0.25, 0.3) is 0 Å². The van der Waals surface area contributed by atoms with Crippen LogP contribution in [0.4, 0.5) is 13.2 Å². The zero-order chi connectivity index (χ0) is 24.3. The van der Waals surface area contributed by atoms with Gasteiger partial charge in [0.15, 0.2) is 5.54 Å². The van der Waals surface area contributed by atoms with Gasteiger partial charge in [-0.1, -0.05) is 24.3 Å². The number of benzene rings is 2. The predicted molar refractivity (Wildman–Crippen MR) is 117 cm³/mol. The molecule has 0 spiro atoms. The van der Waals surface area contributed by atoms with E-state index in [1.807, 2.05) is 6.92 Å². The molecule has 1 unspecified atom stereocenters. The maximum atomic E-state index is 14.5. The number of aromatic nitrogens is 1. The van der Waals surface area contributed by atoms with Gasteiger partial charge in [-0.25, -0.2) is 9.98 Å². The van der Waals surface area contributed by atoms with E-state index >= 15 is 0 Å². The quantitative estimate of drug-likeness (QED) is 0.312. The molecule has 0 radical (unpaired) electrons. The molecule has 0 aliphatic carbocycles. The molecule has 1 aromatic heterocycles. The number of aryl methyl sites for hydroxylation is 2. The highest BCUT2D eigenvalue weighted by Crippen LogP contribution is 2.41. The molecule has 34 heavy (non-hydrogen) atoms. The van der Waals surface area contributed by atoms with Crippen molar-refractivity contribution >= 4 is 12.5 Å². The van der Waals surface area contributed by atoms with Gasteiger partial charge in [-0.2, -0.15) is 18.7 Å². The Kier molecular flexibility index (Phi) is 6.40. The molecule has 2 heterocycles. The molecule has 4 rings (SSSR count). The number of halogens is 3. The van der Waals surface area contributed by atoms with E-state index in [9.17, 15) is 18.0 Å². The third kappa shape index (κ3) is 4.52. The molecule has 1 aliphatic rings. The second kappa shape index (κ2) is 9.42. The van der Waals surface area contributed by atoms with E-state index in [-0.39, 0.29) is 24.9 Å². The lowest BCUT2D eigenvalue weighted by Crippen LogP contribution is -2.28. The lowest BCUT2D eigenvalue weighted by Gasteiger charge is -2.27. The molecule has 1 atom stereocenters. The Balaban J connectivity index is 1.85. The molecule has 1 N–H and O–H groups in total. The van der Waals surface area contributed by atoms with E-state index < -0.39 is 18.1 Å². The van der Waals surface area contributed by atoms with Gasteiger partial charge < -0.3 is 14.3 Å². The number of amidine groups is 1. The molecule has 176 valence electrons. The minimum atomic E-state index is -2.96. The number of hydrogen-bond acceptors (Lipinski definition) is 7. The second-order valence-electron chi connectivity index (χ2n) is 7.67. The van der Waals surface area contributed by atoms with Crippen molar-refractivity contribution in [2.24, 2.45) is 4.99 Å². The number of hydrogen-bond donors (Lipinski definition) is 1. The first-order chi connectivity index (χ1) is 16.3. The van der Waals surface area contributed by atoms with Crippen LogP contribution < -0.4 is 10.2 Å². The topological polar surface area (TPSA) is 82.0 Å². The normalized spacial score (nSPS) is 17.2. The highest BCUT2D eigenvalue weighted by Gasteiger charge is 2.42. The molecule has 7 nitrogen and oxygen atoms in total. The number of hydroxylamine groups is 1. The van der Waals surface area contributed by atoms with Crippen molar-refractivity contribution in [1.29, 1.82) is 0 Å². The summed E-state index contributed by atoms with van der Waals surface area (Å²) in [5, 5.41) is 0. The molecule has 2 aromatic carbocycles. The first-order valence-electron chi connectivity index (χ1n) is 10.2. The average Bonchev–Trinajstić information content (AvgIpc) is 3.24. The molecular formula is C24H20F3N3O4. The third-order valence-electron chi connectivity index (χ3n) is 5.40. The van der Waals surface area contributed by atoms with Crippen LogP contribution in [-0.4, -0.2) is 30.7 Å². The van der Waals surface area contributed by atoms with Crippen molar-refractivity contribution < 1.29 is 32.3 Å². The number of carbonyl (C=O) groups is 1. The van der Waals surface area contributed by atoms with Gasteiger partial charge in [0.05, 0.1) is 0 Å². The summed E-state index contributed by atoms with van der Waals surface area (Å²) in [4.78, 5) is 23.6. The van der Waals surface area contributed by atoms with Crippen LogP contribution in [0.1, 0.15) is 22.3 Å². The summed E-state index contributed by atoms with van der Waals surface area (Å²) in [5.74, 6) is -0.618. The molecule has 0 bridgehead atoms. The zero-order valence-corrected chi connectivity index (χ0v) is 18.2. The lowest BCUT2D eigenvalue weighted by atomic mass is 9.81. The van der Waals surface area contributed by atoms with Crippen LogP contribution in [0, 0.1) is 19.8 Å². The Morgan fingerprint density at radius 2 is 2.00 bits per heavy atom. The van der Waals surface area contributed by atoms with Crippen LogP contribution >= 0.6 is 0 Å². The fraction of sp³-hybridized carbons (Fsp3) is 0.208. The van der Waals surface area contributed by atoms with Gasteiger partial charge in [-0.05, 0) is 65.9 Å². The van der Waals surface area contributed by atoms with Gasteiger partial charge in [0, 0.05) is 11.8 Å². The number of nitrogens with one attached hydrogen (secondary N) is 1. The SMILES string of the molecule is Cc1cnc(F)c(-c2cccc(C3(c4ccc(OC(F)F)cc4C)COC(NOC=O)=N3)c2)c1. The maximum Gasteiger partial charge on any atom is 0.387 e. The van der Waals surface area contributed by atoms with Crippen molar-refractivity contribution in [1.82, 2.24) is 10.5 Å². The summed E-state index contributed by atoms with van der Waals surface area (Å²) >= 11 is 0. The van der Waals surface area contributed by atoms with Gasteiger partial charge >= 0.3 is 19.1 Å². The second-order valence-corrected chi connectivity index (χ2v) is 7.67. The molecule has 10 heteroatoms. The summed E-state index contributed by atoms with van der Waals surface area (Å²) in [6, 6.07) is 13.2. The molecule has 1 aliphatic heterocycles. The van der Waals surface area contributed by atoms with Crippen molar-refractivity contribution in [3.05, 3.63) is 82.9 Å². The number of pyridine rings is 1. The van der Waals surface area contributed by atoms with Crippen LogP contribution in [0.5, 0.6) is 5.75 Å². The fourth-order valence-electron chi connectivity index (χ4n) is 3.95.